The van der Waals surface area contributed by atoms with Gasteiger partial charge in [-0.1, -0.05) is 12.1 Å². The number of aromatic nitrogens is 3. The first kappa shape index (κ1) is 15.8. The van der Waals surface area contributed by atoms with Crippen LogP contribution in [0.25, 0.3) is 16.8 Å². The molecule has 0 saturated heterocycles. The lowest BCUT2D eigenvalue weighted by atomic mass is 10.1. The van der Waals surface area contributed by atoms with Crippen molar-refractivity contribution >= 4 is 11.6 Å². The van der Waals surface area contributed by atoms with E-state index < -0.39 is 12.3 Å². The highest BCUT2D eigenvalue weighted by Crippen LogP contribution is 2.26. The van der Waals surface area contributed by atoms with Crippen LogP contribution in [0.5, 0.6) is 5.75 Å². The zero-order valence-electron chi connectivity index (χ0n) is 12.2. The minimum absolute atomic E-state index is 0.00590. The highest BCUT2D eigenvalue weighted by atomic mass is 19.4. The molecule has 9 heteroatoms. The largest absolute Gasteiger partial charge is 0.573 e. The molecule has 0 N–H and O–H groups in total. The van der Waals surface area contributed by atoms with Crippen LogP contribution in [0.15, 0.2) is 42.6 Å². The molecule has 0 aliphatic rings. The Bertz CT molecular complexity index is 888. The van der Waals surface area contributed by atoms with E-state index in [1.54, 1.807) is 18.3 Å². The minimum Gasteiger partial charge on any atom is -0.463 e. The smallest absolute Gasteiger partial charge is 0.463 e. The molecule has 0 aliphatic carbocycles. The Labute approximate surface area is 133 Å². The fourth-order valence-electron chi connectivity index (χ4n) is 2.14. The number of methoxy groups -OCH3 is 1. The molecule has 3 aromatic rings. The van der Waals surface area contributed by atoms with E-state index in [4.69, 9.17) is 0 Å². The van der Waals surface area contributed by atoms with E-state index in [1.807, 2.05) is 0 Å². The Morgan fingerprint density at radius 2 is 1.71 bits per heavy atom. The highest BCUT2D eigenvalue weighted by Gasteiger charge is 2.30. The van der Waals surface area contributed by atoms with Gasteiger partial charge in [0.2, 0.25) is 5.82 Å². The number of halogens is 3. The van der Waals surface area contributed by atoms with E-state index in [-0.39, 0.29) is 11.6 Å². The molecule has 2 heterocycles. The average Bonchev–Trinajstić information content (AvgIpc) is 2.96. The van der Waals surface area contributed by atoms with Crippen LogP contribution in [0.1, 0.15) is 10.6 Å². The third-order valence-electron chi connectivity index (χ3n) is 3.19. The number of ether oxygens (including phenoxy) is 2. The van der Waals surface area contributed by atoms with E-state index in [2.05, 4.69) is 19.7 Å². The number of hydrogen-bond acceptors (Lipinski definition) is 5. The second kappa shape index (κ2) is 5.84. The molecule has 1 aromatic carbocycles. The van der Waals surface area contributed by atoms with Crippen LogP contribution in [0.4, 0.5) is 13.2 Å². The van der Waals surface area contributed by atoms with Crippen molar-refractivity contribution in [2.24, 2.45) is 0 Å². The topological polar surface area (TPSA) is 65.7 Å². The monoisotopic (exact) mass is 337 g/mol. The summed E-state index contributed by atoms with van der Waals surface area (Å²) in [7, 11) is 1.23. The first-order valence-corrected chi connectivity index (χ1v) is 6.67. The number of pyridine rings is 1. The summed E-state index contributed by atoms with van der Waals surface area (Å²) in [4.78, 5) is 11.6. The zero-order chi connectivity index (χ0) is 17.3. The van der Waals surface area contributed by atoms with Crippen molar-refractivity contribution in [1.82, 2.24) is 14.6 Å². The molecule has 0 unspecified atom stereocenters. The summed E-state index contributed by atoms with van der Waals surface area (Å²) in [5.41, 5.74) is 1.73. The van der Waals surface area contributed by atoms with Crippen molar-refractivity contribution in [3.63, 3.8) is 0 Å². The Morgan fingerprint density at radius 3 is 2.33 bits per heavy atom. The van der Waals surface area contributed by atoms with Gasteiger partial charge in [0.25, 0.3) is 0 Å². The molecule has 0 amide bonds. The molecule has 6 nitrogen and oxygen atoms in total. The summed E-state index contributed by atoms with van der Waals surface area (Å²) in [6, 6.07) is 8.72. The first-order chi connectivity index (χ1) is 11.4. The van der Waals surface area contributed by atoms with Gasteiger partial charge in [-0.25, -0.2) is 4.79 Å². The molecule has 0 bridgehead atoms. The third-order valence-corrected chi connectivity index (χ3v) is 3.19. The maximum Gasteiger partial charge on any atom is 0.573 e. The molecular weight excluding hydrogens is 327 g/mol. The minimum atomic E-state index is -4.74. The van der Waals surface area contributed by atoms with Crippen molar-refractivity contribution in [2.75, 3.05) is 7.11 Å². The molecule has 0 radical (unpaired) electrons. The zero-order valence-corrected chi connectivity index (χ0v) is 12.2. The van der Waals surface area contributed by atoms with Gasteiger partial charge in [0.15, 0.2) is 5.65 Å². The number of benzene rings is 1. The Morgan fingerprint density at radius 1 is 1.04 bits per heavy atom. The van der Waals surface area contributed by atoms with Gasteiger partial charge in [-0.2, -0.15) is 0 Å². The van der Waals surface area contributed by atoms with Crippen LogP contribution in [0.3, 0.4) is 0 Å². The molecule has 0 aliphatic heterocycles. The van der Waals surface area contributed by atoms with Crippen molar-refractivity contribution in [3.8, 4) is 16.9 Å². The van der Waals surface area contributed by atoms with Gasteiger partial charge in [0.1, 0.15) is 5.75 Å². The fraction of sp³-hybridized carbons (Fsp3) is 0.133. The summed E-state index contributed by atoms with van der Waals surface area (Å²) in [6.07, 6.45) is -3.14. The fourth-order valence-corrected chi connectivity index (χ4v) is 2.14. The number of fused-ring (bicyclic) bond motifs is 1. The molecular formula is C15H10F3N3O3. The molecule has 0 fully saturated rings. The molecule has 3 rings (SSSR count). The lowest BCUT2D eigenvalue weighted by Crippen LogP contribution is -2.16. The highest BCUT2D eigenvalue weighted by molar-refractivity contribution is 5.86. The predicted octanol–water partition coefficient (Wildman–Crippen LogP) is 3.08. The second-order valence-corrected chi connectivity index (χ2v) is 4.73. The number of alkyl halides is 3. The number of hydrogen-bond donors (Lipinski definition) is 0. The lowest BCUT2D eigenvalue weighted by molar-refractivity contribution is -0.274. The van der Waals surface area contributed by atoms with Crippen molar-refractivity contribution in [2.45, 2.75) is 6.36 Å². The van der Waals surface area contributed by atoms with Crippen molar-refractivity contribution in [1.29, 1.82) is 0 Å². The van der Waals surface area contributed by atoms with Crippen LogP contribution in [-0.4, -0.2) is 34.0 Å². The van der Waals surface area contributed by atoms with E-state index in [1.165, 1.54) is 35.8 Å². The summed E-state index contributed by atoms with van der Waals surface area (Å²) in [5.74, 6) is -0.952. The second-order valence-electron chi connectivity index (χ2n) is 4.73. The van der Waals surface area contributed by atoms with Crippen molar-refractivity contribution in [3.05, 3.63) is 48.4 Å². The standard InChI is InChI=1S/C15H10F3N3O3/c1-23-14(22)13-20-19-12-7-4-10(8-21(12)13)9-2-5-11(6-3-9)24-15(16,17)18/h2-8H,1H3. The molecule has 24 heavy (non-hydrogen) atoms. The lowest BCUT2D eigenvalue weighted by Gasteiger charge is -2.09. The van der Waals surface area contributed by atoms with Crippen LogP contribution in [0, 0.1) is 0 Å². The van der Waals surface area contributed by atoms with Gasteiger partial charge >= 0.3 is 12.3 Å². The summed E-state index contributed by atoms with van der Waals surface area (Å²) in [6.45, 7) is 0. The normalized spacial score (nSPS) is 11.5. The van der Waals surface area contributed by atoms with E-state index in [0.717, 1.165) is 0 Å². The third kappa shape index (κ3) is 3.14. The quantitative estimate of drug-likeness (QED) is 0.687. The number of carbonyl (C=O) groups is 1. The number of rotatable bonds is 3. The maximum atomic E-state index is 12.2. The predicted molar refractivity (Wildman–Crippen MR) is 76.4 cm³/mol. The summed E-state index contributed by atoms with van der Waals surface area (Å²) >= 11 is 0. The average molecular weight is 337 g/mol. The first-order valence-electron chi connectivity index (χ1n) is 6.67. The summed E-state index contributed by atoms with van der Waals surface area (Å²) in [5, 5.41) is 7.59. The molecule has 0 atom stereocenters. The maximum absolute atomic E-state index is 12.2. The van der Waals surface area contributed by atoms with Crippen LogP contribution < -0.4 is 4.74 Å². The van der Waals surface area contributed by atoms with E-state index in [0.29, 0.717) is 16.8 Å². The van der Waals surface area contributed by atoms with Gasteiger partial charge in [0, 0.05) is 6.20 Å². The van der Waals surface area contributed by atoms with Crippen molar-refractivity contribution < 1.29 is 27.4 Å². The molecule has 2 aromatic heterocycles. The number of nitrogens with zero attached hydrogens (tertiary/aromatic N) is 3. The van der Waals surface area contributed by atoms with Gasteiger partial charge in [-0.15, -0.1) is 23.4 Å². The van der Waals surface area contributed by atoms with Gasteiger partial charge in [0.05, 0.1) is 7.11 Å². The van der Waals surface area contributed by atoms with Gasteiger partial charge in [-0.3, -0.25) is 4.40 Å². The van der Waals surface area contributed by atoms with E-state index >= 15 is 0 Å². The van der Waals surface area contributed by atoms with Gasteiger partial charge in [-0.05, 0) is 35.4 Å². The molecule has 124 valence electrons. The summed E-state index contributed by atoms with van der Waals surface area (Å²) < 4.78 is 46.4. The Hall–Kier alpha value is -3.10. The number of esters is 1. The van der Waals surface area contributed by atoms with Gasteiger partial charge < -0.3 is 9.47 Å². The number of carbonyl (C=O) groups excluding carboxylic acids is 1. The van der Waals surface area contributed by atoms with E-state index in [9.17, 15) is 18.0 Å². The van der Waals surface area contributed by atoms with Crippen LogP contribution >= 0.6 is 0 Å². The molecule has 0 spiro atoms. The Kier molecular flexibility index (Phi) is 3.84. The Balaban J connectivity index is 1.96. The van der Waals surface area contributed by atoms with Crippen LogP contribution in [0.2, 0.25) is 0 Å². The SMILES string of the molecule is COC(=O)c1nnc2ccc(-c3ccc(OC(F)(F)F)cc3)cn12. The molecule has 0 saturated carbocycles. The van der Waals surface area contributed by atoms with Crippen LogP contribution in [-0.2, 0) is 4.74 Å².